The second-order valence-electron chi connectivity index (χ2n) is 6.24. The lowest BCUT2D eigenvalue weighted by Crippen LogP contribution is -2.28. The number of hydrogen-bond donors (Lipinski definition) is 1. The number of furan rings is 1. The molecule has 0 spiro atoms. The van der Waals surface area contributed by atoms with Crippen molar-refractivity contribution in [3.05, 3.63) is 82.5 Å². The zero-order valence-electron chi connectivity index (χ0n) is 15.9. The second kappa shape index (κ2) is 9.69. The van der Waals surface area contributed by atoms with Crippen LogP contribution in [0.25, 0.3) is 6.08 Å². The number of sulfonamides is 1. The summed E-state index contributed by atoms with van der Waals surface area (Å²) in [6, 6.07) is 13.7. The fourth-order valence-electron chi connectivity index (χ4n) is 2.63. The molecule has 0 aliphatic carbocycles. The number of nitrogens with zero attached hydrogens (tertiary/aromatic N) is 1. The normalized spacial score (nSPS) is 11.8. The van der Waals surface area contributed by atoms with Crippen molar-refractivity contribution in [3.63, 3.8) is 0 Å². The summed E-state index contributed by atoms with van der Waals surface area (Å²) in [6.45, 7) is 3.22. The summed E-state index contributed by atoms with van der Waals surface area (Å²) >= 11 is 1.62. The van der Waals surface area contributed by atoms with Gasteiger partial charge < -0.3 is 9.32 Å². The first-order chi connectivity index (χ1) is 14.0. The van der Waals surface area contributed by atoms with Gasteiger partial charge in [-0.1, -0.05) is 18.2 Å². The minimum Gasteiger partial charge on any atom is -0.468 e. The summed E-state index contributed by atoms with van der Waals surface area (Å²) in [4.78, 5) is 15.5. The Morgan fingerprint density at radius 2 is 1.97 bits per heavy atom. The molecular formula is C21H22N2O4S2. The topological polar surface area (TPSA) is 79.6 Å². The summed E-state index contributed by atoms with van der Waals surface area (Å²) in [5.74, 6) is 0.451. The molecule has 0 fully saturated rings. The first-order valence-corrected chi connectivity index (χ1v) is 11.5. The SMILES string of the molecule is CCN(Cc1cccs1)C(=O)C=Cc1ccc(S(=O)(=O)NCc2ccco2)cc1. The fourth-order valence-corrected chi connectivity index (χ4v) is 4.34. The highest BCUT2D eigenvalue weighted by Crippen LogP contribution is 2.14. The number of rotatable bonds is 9. The molecule has 0 atom stereocenters. The highest BCUT2D eigenvalue weighted by molar-refractivity contribution is 7.89. The molecule has 0 aliphatic heterocycles. The van der Waals surface area contributed by atoms with Crippen LogP contribution in [0.5, 0.6) is 0 Å². The molecule has 1 aromatic carbocycles. The van der Waals surface area contributed by atoms with E-state index in [0.717, 1.165) is 10.4 Å². The molecular weight excluding hydrogens is 408 g/mol. The van der Waals surface area contributed by atoms with Crippen LogP contribution in [0, 0.1) is 0 Å². The van der Waals surface area contributed by atoms with Crippen molar-refractivity contribution < 1.29 is 17.6 Å². The summed E-state index contributed by atoms with van der Waals surface area (Å²) < 4.78 is 32.3. The van der Waals surface area contributed by atoms with Crippen LogP contribution in [-0.2, 0) is 27.9 Å². The molecule has 3 aromatic rings. The van der Waals surface area contributed by atoms with Gasteiger partial charge in [0.1, 0.15) is 5.76 Å². The number of carbonyl (C=O) groups is 1. The number of thiophene rings is 1. The molecule has 6 nitrogen and oxygen atoms in total. The standard InChI is InChI=1S/C21H22N2O4S2/c1-2-23(16-19-6-4-14-28-19)21(24)12-9-17-7-10-20(11-8-17)29(25,26)22-15-18-5-3-13-27-18/h3-14,22H,2,15-16H2,1H3. The van der Waals surface area contributed by atoms with Crippen molar-refractivity contribution in [2.45, 2.75) is 24.9 Å². The number of nitrogens with one attached hydrogen (secondary N) is 1. The van der Waals surface area contributed by atoms with Crippen molar-refractivity contribution in [1.82, 2.24) is 9.62 Å². The number of benzene rings is 1. The number of carbonyl (C=O) groups excluding carboxylic acids is 1. The van der Waals surface area contributed by atoms with E-state index in [1.807, 2.05) is 24.4 Å². The highest BCUT2D eigenvalue weighted by atomic mass is 32.2. The molecule has 0 unspecified atom stereocenters. The van der Waals surface area contributed by atoms with Crippen LogP contribution in [0.2, 0.25) is 0 Å². The van der Waals surface area contributed by atoms with Gasteiger partial charge in [-0.05, 0) is 54.3 Å². The summed E-state index contributed by atoms with van der Waals surface area (Å²) in [5.41, 5.74) is 0.746. The van der Waals surface area contributed by atoms with Gasteiger partial charge >= 0.3 is 0 Å². The molecule has 1 amide bonds. The van der Waals surface area contributed by atoms with Crippen molar-refractivity contribution >= 4 is 33.3 Å². The summed E-state index contributed by atoms with van der Waals surface area (Å²) in [5, 5.41) is 1.99. The molecule has 0 saturated heterocycles. The van der Waals surface area contributed by atoms with Crippen molar-refractivity contribution in [1.29, 1.82) is 0 Å². The van der Waals surface area contributed by atoms with E-state index in [0.29, 0.717) is 18.8 Å². The van der Waals surface area contributed by atoms with Gasteiger partial charge in [0.15, 0.2) is 0 Å². The molecule has 0 bridgehead atoms. The molecule has 0 saturated carbocycles. The van der Waals surface area contributed by atoms with Gasteiger partial charge in [-0.15, -0.1) is 11.3 Å². The lowest BCUT2D eigenvalue weighted by Gasteiger charge is -2.18. The van der Waals surface area contributed by atoms with Gasteiger partial charge in [0.05, 0.1) is 24.2 Å². The van der Waals surface area contributed by atoms with Crippen LogP contribution in [0.15, 0.2) is 75.6 Å². The van der Waals surface area contributed by atoms with Gasteiger partial charge in [0.25, 0.3) is 0 Å². The summed E-state index contributed by atoms with van der Waals surface area (Å²) in [7, 11) is -3.64. The average Bonchev–Trinajstić information content (AvgIpc) is 3.43. The maximum atomic E-state index is 12.4. The minimum absolute atomic E-state index is 0.0855. The summed E-state index contributed by atoms with van der Waals surface area (Å²) in [6.07, 6.45) is 4.69. The smallest absolute Gasteiger partial charge is 0.246 e. The lowest BCUT2D eigenvalue weighted by atomic mass is 10.2. The molecule has 152 valence electrons. The quantitative estimate of drug-likeness (QED) is 0.523. The van der Waals surface area contributed by atoms with E-state index in [1.54, 1.807) is 46.6 Å². The molecule has 3 rings (SSSR count). The van der Waals surface area contributed by atoms with Gasteiger partial charge in [0, 0.05) is 17.5 Å². The van der Waals surface area contributed by atoms with E-state index in [4.69, 9.17) is 4.42 Å². The Kier molecular flexibility index (Phi) is 7.03. The Morgan fingerprint density at radius 1 is 1.17 bits per heavy atom. The van der Waals surface area contributed by atoms with Crippen molar-refractivity contribution in [2.75, 3.05) is 6.54 Å². The first kappa shape index (κ1) is 21.0. The Labute approximate surface area is 174 Å². The van der Waals surface area contributed by atoms with Crippen LogP contribution >= 0.6 is 11.3 Å². The minimum atomic E-state index is -3.64. The van der Waals surface area contributed by atoms with Crippen LogP contribution < -0.4 is 4.72 Å². The van der Waals surface area contributed by atoms with Gasteiger partial charge in [-0.2, -0.15) is 0 Å². The predicted octanol–water partition coefficient (Wildman–Crippen LogP) is 3.88. The monoisotopic (exact) mass is 430 g/mol. The third kappa shape index (κ3) is 5.90. The maximum absolute atomic E-state index is 12.4. The van der Waals surface area contributed by atoms with Gasteiger partial charge in [-0.25, -0.2) is 13.1 Å². The van der Waals surface area contributed by atoms with Crippen LogP contribution in [0.4, 0.5) is 0 Å². The second-order valence-corrected chi connectivity index (χ2v) is 9.04. The van der Waals surface area contributed by atoms with Crippen LogP contribution in [0.1, 0.15) is 23.1 Å². The van der Waals surface area contributed by atoms with E-state index >= 15 is 0 Å². The number of amides is 1. The molecule has 0 radical (unpaired) electrons. The zero-order valence-corrected chi connectivity index (χ0v) is 17.6. The van der Waals surface area contributed by atoms with Crippen LogP contribution in [0.3, 0.4) is 0 Å². The Bertz CT molecular complexity index is 1040. The Morgan fingerprint density at radius 3 is 2.59 bits per heavy atom. The van der Waals surface area contributed by atoms with E-state index in [1.165, 1.54) is 24.5 Å². The predicted molar refractivity (Wildman–Crippen MR) is 114 cm³/mol. The largest absolute Gasteiger partial charge is 0.468 e. The van der Waals surface area contributed by atoms with E-state index < -0.39 is 10.0 Å². The molecule has 8 heteroatoms. The highest BCUT2D eigenvalue weighted by Gasteiger charge is 2.14. The Balaban J connectivity index is 1.61. The molecule has 1 N–H and O–H groups in total. The van der Waals surface area contributed by atoms with Crippen molar-refractivity contribution in [3.8, 4) is 0 Å². The Hall–Kier alpha value is -2.68. The molecule has 29 heavy (non-hydrogen) atoms. The van der Waals surface area contributed by atoms with Crippen LogP contribution in [-0.4, -0.2) is 25.8 Å². The molecule has 2 aromatic heterocycles. The van der Waals surface area contributed by atoms with Gasteiger partial charge in [-0.3, -0.25) is 4.79 Å². The fraction of sp³-hybridized carbons (Fsp3) is 0.190. The van der Waals surface area contributed by atoms with Gasteiger partial charge in [0.2, 0.25) is 15.9 Å². The van der Waals surface area contributed by atoms with Crippen molar-refractivity contribution in [2.24, 2.45) is 0 Å². The molecule has 0 aliphatic rings. The lowest BCUT2D eigenvalue weighted by molar-refractivity contribution is -0.126. The third-order valence-corrected chi connectivity index (χ3v) is 6.52. The molecule has 2 heterocycles. The number of likely N-dealkylation sites (N-methyl/N-ethyl adjacent to an activating group) is 1. The average molecular weight is 431 g/mol. The zero-order chi connectivity index (χ0) is 20.7. The third-order valence-electron chi connectivity index (χ3n) is 4.25. The van der Waals surface area contributed by atoms with E-state index in [2.05, 4.69) is 4.72 Å². The number of hydrogen-bond acceptors (Lipinski definition) is 5. The van der Waals surface area contributed by atoms with E-state index in [-0.39, 0.29) is 17.3 Å². The maximum Gasteiger partial charge on any atom is 0.246 e. The first-order valence-electron chi connectivity index (χ1n) is 9.09. The van der Waals surface area contributed by atoms with E-state index in [9.17, 15) is 13.2 Å².